The van der Waals surface area contributed by atoms with Crippen LogP contribution in [0.4, 0.5) is 0 Å². The van der Waals surface area contributed by atoms with Crippen molar-refractivity contribution in [3.63, 3.8) is 0 Å². The van der Waals surface area contributed by atoms with Crippen LogP contribution in [0.15, 0.2) is 0 Å². The van der Waals surface area contributed by atoms with Crippen LogP contribution in [-0.4, -0.2) is 17.5 Å². The molecule has 2 aliphatic rings. The lowest BCUT2D eigenvalue weighted by Gasteiger charge is -2.27. The quantitative estimate of drug-likeness (QED) is 0.734. The summed E-state index contributed by atoms with van der Waals surface area (Å²) in [5, 5.41) is 8.91. The first kappa shape index (κ1) is 10.2. The number of carbonyl (C=O) groups is 1. The summed E-state index contributed by atoms with van der Waals surface area (Å²) in [6.07, 6.45) is 6.16. The van der Waals surface area contributed by atoms with Gasteiger partial charge in [-0.3, -0.25) is 4.79 Å². The van der Waals surface area contributed by atoms with Gasteiger partial charge < -0.3 is 5.11 Å². The van der Waals surface area contributed by atoms with E-state index in [1.807, 2.05) is 0 Å². The van der Waals surface area contributed by atoms with Crippen molar-refractivity contribution in [3.8, 4) is 0 Å². The predicted molar refractivity (Wildman–Crippen MR) is 54.9 cm³/mol. The molecule has 0 bridgehead atoms. The second kappa shape index (κ2) is 3.65. The minimum atomic E-state index is 0.309. The van der Waals surface area contributed by atoms with Gasteiger partial charge in [0.25, 0.3) is 0 Å². The third-order valence-electron chi connectivity index (χ3n) is 4.41. The van der Waals surface area contributed by atoms with Crippen molar-refractivity contribution in [1.82, 2.24) is 0 Å². The summed E-state index contributed by atoms with van der Waals surface area (Å²) in [6, 6.07) is 0. The van der Waals surface area contributed by atoms with Crippen LogP contribution >= 0.6 is 0 Å². The van der Waals surface area contributed by atoms with Crippen LogP contribution < -0.4 is 0 Å². The topological polar surface area (TPSA) is 37.3 Å². The van der Waals surface area contributed by atoms with Crippen LogP contribution in [0.2, 0.25) is 0 Å². The molecule has 3 atom stereocenters. The van der Waals surface area contributed by atoms with Crippen molar-refractivity contribution >= 4 is 5.78 Å². The number of aliphatic hydroxyl groups excluding tert-OH is 1. The Morgan fingerprint density at radius 2 is 2.36 bits per heavy atom. The van der Waals surface area contributed by atoms with Gasteiger partial charge in [0.1, 0.15) is 5.78 Å². The van der Waals surface area contributed by atoms with E-state index >= 15 is 0 Å². The van der Waals surface area contributed by atoms with Gasteiger partial charge in [0.2, 0.25) is 0 Å². The molecule has 1 N–H and O–H groups in total. The Labute approximate surface area is 85.7 Å². The van der Waals surface area contributed by atoms with E-state index in [2.05, 4.69) is 6.92 Å². The third kappa shape index (κ3) is 1.60. The lowest BCUT2D eigenvalue weighted by Crippen LogP contribution is -2.20. The first-order valence-corrected chi connectivity index (χ1v) is 5.79. The number of Topliss-reactive ketones (excluding diaryl/α,β-unsaturated/α-hetero) is 1. The fraction of sp³-hybridized carbons (Fsp3) is 0.917. The molecule has 0 saturated heterocycles. The van der Waals surface area contributed by atoms with E-state index < -0.39 is 0 Å². The highest BCUT2D eigenvalue weighted by molar-refractivity contribution is 5.82. The molecule has 2 aliphatic carbocycles. The van der Waals surface area contributed by atoms with Gasteiger partial charge in [-0.1, -0.05) is 6.92 Å². The van der Waals surface area contributed by atoms with Crippen LogP contribution in [-0.2, 0) is 4.79 Å². The van der Waals surface area contributed by atoms with Crippen molar-refractivity contribution in [2.24, 2.45) is 17.3 Å². The van der Waals surface area contributed by atoms with E-state index in [1.54, 1.807) is 0 Å². The highest BCUT2D eigenvalue weighted by Crippen LogP contribution is 2.55. The van der Waals surface area contributed by atoms with Crippen molar-refractivity contribution < 1.29 is 9.90 Å². The Morgan fingerprint density at radius 3 is 2.93 bits per heavy atom. The minimum absolute atomic E-state index is 0.309. The Kier molecular flexibility index (Phi) is 2.65. The zero-order valence-corrected chi connectivity index (χ0v) is 8.96. The van der Waals surface area contributed by atoms with Gasteiger partial charge in [-0.05, 0) is 42.9 Å². The van der Waals surface area contributed by atoms with E-state index in [9.17, 15) is 4.79 Å². The fourth-order valence-corrected chi connectivity index (χ4v) is 3.50. The molecule has 0 aromatic rings. The van der Waals surface area contributed by atoms with Crippen LogP contribution in [0.1, 0.15) is 45.4 Å². The average Bonchev–Trinajstić information content (AvgIpc) is 2.61. The third-order valence-corrected chi connectivity index (χ3v) is 4.41. The Bertz CT molecular complexity index is 236. The van der Waals surface area contributed by atoms with Gasteiger partial charge in [0.15, 0.2) is 0 Å². The Balaban J connectivity index is 2.02. The minimum Gasteiger partial charge on any atom is -0.396 e. The molecular weight excluding hydrogens is 176 g/mol. The van der Waals surface area contributed by atoms with Gasteiger partial charge in [0, 0.05) is 19.4 Å². The Morgan fingerprint density at radius 1 is 1.57 bits per heavy atom. The van der Waals surface area contributed by atoms with Gasteiger partial charge >= 0.3 is 0 Å². The van der Waals surface area contributed by atoms with E-state index in [0.29, 0.717) is 29.6 Å². The highest BCUT2D eigenvalue weighted by atomic mass is 16.3. The van der Waals surface area contributed by atoms with Crippen LogP contribution in [0.5, 0.6) is 0 Å². The maximum Gasteiger partial charge on any atom is 0.133 e. The van der Waals surface area contributed by atoms with Gasteiger partial charge in [-0.25, -0.2) is 0 Å². The molecule has 0 heterocycles. The molecule has 0 aromatic carbocycles. The molecule has 0 unspecified atom stereocenters. The fourth-order valence-electron chi connectivity index (χ4n) is 3.50. The summed E-state index contributed by atoms with van der Waals surface area (Å²) in [4.78, 5) is 11.4. The normalized spacial score (nSPS) is 42.6. The standard InChI is InChI=1S/C12H20O2/c1-9-6-11(14)8-12(9)4-2-10(7-12)3-5-13/h9-10,13H,2-8H2,1H3/t9-,10-,12+/m0/s1. The van der Waals surface area contributed by atoms with Gasteiger partial charge in [-0.2, -0.15) is 0 Å². The van der Waals surface area contributed by atoms with Gasteiger partial charge in [-0.15, -0.1) is 0 Å². The zero-order chi connectivity index (χ0) is 10.2. The lowest BCUT2D eigenvalue weighted by atomic mass is 9.76. The number of hydrogen-bond acceptors (Lipinski definition) is 2. The molecule has 14 heavy (non-hydrogen) atoms. The number of rotatable bonds is 2. The van der Waals surface area contributed by atoms with Crippen molar-refractivity contribution in [3.05, 3.63) is 0 Å². The monoisotopic (exact) mass is 196 g/mol. The summed E-state index contributed by atoms with van der Waals surface area (Å²) in [5.74, 6) is 1.72. The zero-order valence-electron chi connectivity index (χ0n) is 8.96. The van der Waals surface area contributed by atoms with Gasteiger partial charge in [0.05, 0.1) is 0 Å². The SMILES string of the molecule is C[C@H]1CC(=O)C[C@]12CC[C@@H](CCO)C2. The smallest absolute Gasteiger partial charge is 0.133 e. The number of carbonyl (C=O) groups excluding carboxylic acids is 1. The van der Waals surface area contributed by atoms with Crippen LogP contribution in [0, 0.1) is 17.3 Å². The molecule has 2 rings (SSSR count). The summed E-state index contributed by atoms with van der Waals surface area (Å²) in [5.41, 5.74) is 0.330. The second-order valence-corrected chi connectivity index (χ2v) is 5.30. The summed E-state index contributed by atoms with van der Waals surface area (Å²) < 4.78 is 0. The van der Waals surface area contributed by atoms with Crippen LogP contribution in [0.25, 0.3) is 0 Å². The maximum absolute atomic E-state index is 11.4. The summed E-state index contributed by atoms with van der Waals surface area (Å²) >= 11 is 0. The number of hydrogen-bond donors (Lipinski definition) is 1. The number of ketones is 1. The Hall–Kier alpha value is -0.370. The first-order valence-electron chi connectivity index (χ1n) is 5.79. The molecule has 80 valence electrons. The molecule has 1 spiro atoms. The van der Waals surface area contributed by atoms with E-state index in [4.69, 9.17) is 5.11 Å². The molecule has 0 amide bonds. The first-order chi connectivity index (χ1) is 6.66. The molecule has 2 nitrogen and oxygen atoms in total. The average molecular weight is 196 g/mol. The molecule has 2 saturated carbocycles. The predicted octanol–water partition coefficient (Wildman–Crippen LogP) is 2.15. The van der Waals surface area contributed by atoms with E-state index in [-0.39, 0.29) is 0 Å². The molecule has 0 aromatic heterocycles. The van der Waals surface area contributed by atoms with Crippen molar-refractivity contribution in [1.29, 1.82) is 0 Å². The molecule has 0 aliphatic heterocycles. The maximum atomic E-state index is 11.4. The van der Waals surface area contributed by atoms with Crippen LogP contribution in [0.3, 0.4) is 0 Å². The summed E-state index contributed by atoms with van der Waals surface area (Å²) in [7, 11) is 0. The molecule has 2 heteroatoms. The number of aliphatic hydroxyl groups is 1. The van der Waals surface area contributed by atoms with Crippen molar-refractivity contribution in [2.45, 2.75) is 45.4 Å². The molecule has 2 fully saturated rings. The van der Waals surface area contributed by atoms with E-state index in [0.717, 1.165) is 19.3 Å². The van der Waals surface area contributed by atoms with E-state index in [1.165, 1.54) is 19.3 Å². The van der Waals surface area contributed by atoms with Crippen molar-refractivity contribution in [2.75, 3.05) is 6.61 Å². The molecular formula is C12H20O2. The lowest BCUT2D eigenvalue weighted by molar-refractivity contribution is -0.118. The molecule has 0 radical (unpaired) electrons. The largest absolute Gasteiger partial charge is 0.396 e. The highest BCUT2D eigenvalue weighted by Gasteiger charge is 2.48. The summed E-state index contributed by atoms with van der Waals surface area (Å²) in [6.45, 7) is 2.54. The second-order valence-electron chi connectivity index (χ2n) is 5.30.